The highest BCUT2D eigenvalue weighted by Gasteiger charge is 2.15. The number of aromatic nitrogens is 6. The number of hydrogen-bond donors (Lipinski definition) is 0. The van der Waals surface area contributed by atoms with E-state index in [9.17, 15) is 0 Å². The second kappa shape index (κ2) is 4.51. The molecule has 3 heterocycles. The van der Waals surface area contributed by atoms with Crippen molar-refractivity contribution in [1.29, 1.82) is 0 Å². The summed E-state index contributed by atoms with van der Waals surface area (Å²) in [6.45, 7) is 0. The van der Waals surface area contributed by atoms with Crippen LogP contribution in [0.1, 0.15) is 0 Å². The van der Waals surface area contributed by atoms with E-state index in [1.165, 1.54) is 0 Å². The van der Waals surface area contributed by atoms with Crippen LogP contribution in [0.4, 0.5) is 0 Å². The van der Waals surface area contributed by atoms with Crippen LogP contribution < -0.4 is 0 Å². The third kappa shape index (κ3) is 1.92. The zero-order chi connectivity index (χ0) is 14.6. The summed E-state index contributed by atoms with van der Waals surface area (Å²) in [5.74, 6) is 0.569. The van der Waals surface area contributed by atoms with Crippen molar-refractivity contribution in [1.82, 2.24) is 29.4 Å². The lowest BCUT2D eigenvalue weighted by Gasteiger charge is -2.02. The molecule has 0 amide bonds. The van der Waals surface area contributed by atoms with Gasteiger partial charge in [0.2, 0.25) is 5.28 Å². The van der Waals surface area contributed by atoms with Crippen LogP contribution in [0, 0.1) is 0 Å². The van der Waals surface area contributed by atoms with Crippen molar-refractivity contribution in [3.63, 3.8) is 0 Å². The molecule has 104 valence electrons. The van der Waals surface area contributed by atoms with E-state index in [-0.39, 0.29) is 5.28 Å². The number of rotatable bonds is 1. The summed E-state index contributed by atoms with van der Waals surface area (Å²) in [5, 5.41) is 9.71. The summed E-state index contributed by atoms with van der Waals surface area (Å²) in [6.07, 6.45) is 3.57. The van der Waals surface area contributed by atoms with E-state index in [1.807, 2.05) is 31.4 Å². The topological polar surface area (TPSA) is 60.9 Å². The van der Waals surface area contributed by atoms with Gasteiger partial charge in [0, 0.05) is 23.1 Å². The summed E-state index contributed by atoms with van der Waals surface area (Å²) < 4.78 is 4.11. The first-order valence-corrected chi connectivity index (χ1v) is 7.30. The molecule has 6 nitrogen and oxygen atoms in total. The van der Waals surface area contributed by atoms with Gasteiger partial charge in [0.1, 0.15) is 0 Å². The number of hydrogen-bond acceptors (Lipinski definition) is 4. The van der Waals surface area contributed by atoms with Gasteiger partial charge in [0.15, 0.2) is 11.5 Å². The van der Waals surface area contributed by atoms with Crippen LogP contribution >= 0.6 is 27.5 Å². The van der Waals surface area contributed by atoms with E-state index in [4.69, 9.17) is 11.6 Å². The molecule has 0 aliphatic rings. The second-order valence-corrected chi connectivity index (χ2v) is 5.78. The smallest absolute Gasteiger partial charge is 0.226 e. The summed E-state index contributed by atoms with van der Waals surface area (Å²) >= 11 is 9.70. The fourth-order valence-electron chi connectivity index (χ4n) is 2.22. The average Bonchev–Trinajstić information content (AvgIpc) is 3.07. The first kappa shape index (κ1) is 12.7. The quantitative estimate of drug-likeness (QED) is 0.488. The minimum absolute atomic E-state index is 0.270. The van der Waals surface area contributed by atoms with Crippen molar-refractivity contribution in [3.8, 4) is 11.4 Å². The Bertz CT molecular complexity index is 989. The van der Waals surface area contributed by atoms with Crippen LogP contribution in [-0.4, -0.2) is 29.4 Å². The molecule has 0 aliphatic heterocycles. The van der Waals surface area contributed by atoms with Gasteiger partial charge in [0.05, 0.1) is 17.3 Å². The van der Waals surface area contributed by atoms with E-state index in [0.29, 0.717) is 11.5 Å². The molecule has 0 saturated carbocycles. The standard InChI is InChI=1S/C13H8BrClN6/c1-20-6-7(5-16-20)11-18-12-8-3-2-4-9(14)10(8)17-13(15)21(12)19-11/h2-6H,1H3. The predicted molar refractivity (Wildman–Crippen MR) is 83.2 cm³/mol. The largest absolute Gasteiger partial charge is 0.275 e. The number of nitrogens with zero attached hydrogens (tertiary/aromatic N) is 6. The van der Waals surface area contributed by atoms with Gasteiger partial charge in [-0.05, 0) is 39.7 Å². The molecule has 0 spiro atoms. The van der Waals surface area contributed by atoms with E-state index >= 15 is 0 Å². The van der Waals surface area contributed by atoms with Gasteiger partial charge in [-0.1, -0.05) is 6.07 Å². The molecule has 0 unspecified atom stereocenters. The molecule has 0 atom stereocenters. The van der Waals surface area contributed by atoms with Crippen molar-refractivity contribution in [3.05, 3.63) is 40.3 Å². The maximum atomic E-state index is 6.22. The molecule has 0 saturated heterocycles. The Labute approximate surface area is 132 Å². The number of halogens is 2. The lowest BCUT2D eigenvalue weighted by atomic mass is 10.2. The van der Waals surface area contributed by atoms with Crippen LogP contribution in [0.3, 0.4) is 0 Å². The van der Waals surface area contributed by atoms with Crippen LogP contribution in [0.5, 0.6) is 0 Å². The van der Waals surface area contributed by atoms with E-state index < -0.39 is 0 Å². The third-order valence-corrected chi connectivity index (χ3v) is 4.06. The summed E-state index contributed by atoms with van der Waals surface area (Å²) in [4.78, 5) is 8.95. The summed E-state index contributed by atoms with van der Waals surface area (Å²) in [6, 6.07) is 5.79. The van der Waals surface area contributed by atoms with Crippen molar-refractivity contribution in [2.45, 2.75) is 0 Å². The molecule has 4 rings (SSSR count). The Balaban J connectivity index is 2.09. The molecular formula is C13H8BrClN6. The van der Waals surface area contributed by atoms with Gasteiger partial charge in [-0.15, -0.1) is 5.10 Å². The molecule has 8 heteroatoms. The lowest BCUT2D eigenvalue weighted by molar-refractivity contribution is 0.768. The SMILES string of the molecule is Cn1cc(-c2nc3c4cccc(Br)c4nc(Cl)n3n2)cn1. The minimum atomic E-state index is 0.270. The van der Waals surface area contributed by atoms with Crippen LogP contribution in [-0.2, 0) is 7.05 Å². The van der Waals surface area contributed by atoms with Crippen molar-refractivity contribution in [2.75, 3.05) is 0 Å². The fraction of sp³-hybridized carbons (Fsp3) is 0.0769. The van der Waals surface area contributed by atoms with Crippen molar-refractivity contribution >= 4 is 44.1 Å². The summed E-state index contributed by atoms with van der Waals surface area (Å²) in [7, 11) is 1.85. The first-order valence-electron chi connectivity index (χ1n) is 6.13. The zero-order valence-electron chi connectivity index (χ0n) is 10.8. The maximum absolute atomic E-state index is 6.22. The Morgan fingerprint density at radius 2 is 2.10 bits per heavy atom. The molecule has 0 N–H and O–H groups in total. The number of para-hydroxylation sites is 1. The molecule has 0 fully saturated rings. The number of fused-ring (bicyclic) bond motifs is 3. The minimum Gasteiger partial charge on any atom is -0.275 e. The number of benzene rings is 1. The maximum Gasteiger partial charge on any atom is 0.226 e. The van der Waals surface area contributed by atoms with Gasteiger partial charge in [-0.25, -0.2) is 9.97 Å². The predicted octanol–water partition coefficient (Wildman–Crippen LogP) is 3.09. The highest BCUT2D eigenvalue weighted by Crippen LogP contribution is 2.28. The number of aryl methyl sites for hydroxylation is 1. The van der Waals surface area contributed by atoms with E-state index in [0.717, 1.165) is 20.9 Å². The Kier molecular flexibility index (Phi) is 2.73. The van der Waals surface area contributed by atoms with Crippen molar-refractivity contribution < 1.29 is 0 Å². The van der Waals surface area contributed by atoms with Crippen LogP contribution in [0.2, 0.25) is 5.28 Å². The normalized spacial score (nSPS) is 11.6. The fourth-order valence-corrected chi connectivity index (χ4v) is 2.88. The highest BCUT2D eigenvalue weighted by molar-refractivity contribution is 9.10. The molecule has 0 radical (unpaired) electrons. The zero-order valence-corrected chi connectivity index (χ0v) is 13.2. The highest BCUT2D eigenvalue weighted by atomic mass is 79.9. The van der Waals surface area contributed by atoms with Gasteiger partial charge in [0.25, 0.3) is 0 Å². The summed E-state index contributed by atoms with van der Waals surface area (Å²) in [5.41, 5.74) is 2.27. The Hall–Kier alpha value is -1.99. The second-order valence-electron chi connectivity index (χ2n) is 4.59. The van der Waals surface area contributed by atoms with Gasteiger partial charge < -0.3 is 0 Å². The van der Waals surface area contributed by atoms with Crippen LogP contribution in [0.15, 0.2) is 35.1 Å². The van der Waals surface area contributed by atoms with Gasteiger partial charge in [-0.3, -0.25) is 4.68 Å². The van der Waals surface area contributed by atoms with Crippen molar-refractivity contribution in [2.24, 2.45) is 7.05 Å². The molecule has 1 aromatic carbocycles. The lowest BCUT2D eigenvalue weighted by Crippen LogP contribution is -1.95. The Morgan fingerprint density at radius 3 is 2.86 bits per heavy atom. The molecule has 4 aromatic rings. The van der Waals surface area contributed by atoms with Gasteiger partial charge >= 0.3 is 0 Å². The molecule has 21 heavy (non-hydrogen) atoms. The van der Waals surface area contributed by atoms with E-state index in [1.54, 1.807) is 15.4 Å². The molecule has 0 aliphatic carbocycles. The molecular weight excluding hydrogens is 356 g/mol. The van der Waals surface area contributed by atoms with Gasteiger partial charge in [-0.2, -0.15) is 9.61 Å². The average molecular weight is 364 g/mol. The monoisotopic (exact) mass is 362 g/mol. The third-order valence-electron chi connectivity index (χ3n) is 3.18. The molecule has 0 bridgehead atoms. The molecule has 3 aromatic heterocycles. The van der Waals surface area contributed by atoms with E-state index in [2.05, 4.69) is 36.1 Å². The Morgan fingerprint density at radius 1 is 1.24 bits per heavy atom. The first-order chi connectivity index (χ1) is 10.1. The van der Waals surface area contributed by atoms with Crippen LogP contribution in [0.25, 0.3) is 27.9 Å².